The summed E-state index contributed by atoms with van der Waals surface area (Å²) in [6.45, 7) is 2.35. The van der Waals surface area contributed by atoms with Gasteiger partial charge in [-0.1, -0.05) is 6.92 Å². The predicted octanol–water partition coefficient (Wildman–Crippen LogP) is 1.90. The summed E-state index contributed by atoms with van der Waals surface area (Å²) in [5.74, 6) is 0. The molecule has 0 aromatic rings. The van der Waals surface area contributed by atoms with Crippen LogP contribution < -0.4 is 0 Å². The van der Waals surface area contributed by atoms with Crippen LogP contribution in [0.1, 0.15) is 13.3 Å². The highest BCUT2D eigenvalue weighted by Crippen LogP contribution is 1.91. The molecule has 0 aliphatic carbocycles. The molecule has 0 aromatic heterocycles. The number of rotatable bonds is 2. The van der Waals surface area contributed by atoms with E-state index in [0.717, 1.165) is 6.42 Å². The zero-order valence-electron chi connectivity index (χ0n) is 4.52. The Labute approximate surface area is 62.0 Å². The maximum Gasteiger partial charge on any atom is 0.517 e. The molecule has 0 heterocycles. The Hall–Kier alpha value is 0. The van der Waals surface area contributed by atoms with Crippen molar-refractivity contribution >= 4 is 29.2 Å². The molecular formula is C4H7IO3. The lowest BCUT2D eigenvalue weighted by molar-refractivity contribution is 0.113. The molecule has 0 rings (SSSR count). The fourth-order valence-electron chi connectivity index (χ4n) is 0.208. The normalized spacial score (nSPS) is 8.25. The van der Waals surface area contributed by atoms with E-state index >= 15 is 0 Å². The Balaban J connectivity index is 2.99. The van der Waals surface area contributed by atoms with Crippen LogP contribution in [0.2, 0.25) is 0 Å². The van der Waals surface area contributed by atoms with E-state index in [4.69, 9.17) is 0 Å². The SMILES string of the molecule is CCCOC(=O)OI. The highest BCUT2D eigenvalue weighted by Gasteiger charge is 1.96. The van der Waals surface area contributed by atoms with Gasteiger partial charge in [-0.3, -0.25) is 0 Å². The van der Waals surface area contributed by atoms with Gasteiger partial charge in [0.25, 0.3) is 0 Å². The maximum atomic E-state index is 10.1. The van der Waals surface area contributed by atoms with Gasteiger partial charge in [-0.25, -0.2) is 4.79 Å². The van der Waals surface area contributed by atoms with Crippen molar-refractivity contribution in [3.05, 3.63) is 0 Å². The molecule has 0 amide bonds. The number of hydrogen-bond donors (Lipinski definition) is 0. The second-order valence-electron chi connectivity index (χ2n) is 1.18. The molecule has 0 unspecified atom stereocenters. The van der Waals surface area contributed by atoms with E-state index in [1.807, 2.05) is 6.92 Å². The molecular weight excluding hydrogens is 223 g/mol. The largest absolute Gasteiger partial charge is 0.517 e. The van der Waals surface area contributed by atoms with Crippen molar-refractivity contribution in [3.63, 3.8) is 0 Å². The average molecular weight is 230 g/mol. The van der Waals surface area contributed by atoms with Gasteiger partial charge in [0.15, 0.2) is 23.0 Å². The Morgan fingerprint density at radius 1 is 1.75 bits per heavy atom. The van der Waals surface area contributed by atoms with Gasteiger partial charge in [-0.15, -0.1) is 0 Å². The summed E-state index contributed by atoms with van der Waals surface area (Å²) < 4.78 is 8.63. The Morgan fingerprint density at radius 3 is 2.75 bits per heavy atom. The molecule has 0 aromatic carbocycles. The highest BCUT2D eigenvalue weighted by atomic mass is 127. The summed E-state index contributed by atoms with van der Waals surface area (Å²) in [7, 11) is 0. The fraction of sp³-hybridized carbons (Fsp3) is 0.750. The molecule has 4 heteroatoms. The minimum atomic E-state index is -0.618. The van der Waals surface area contributed by atoms with Crippen molar-refractivity contribution in [1.82, 2.24) is 0 Å². The summed E-state index contributed by atoms with van der Waals surface area (Å²) in [5.41, 5.74) is 0. The van der Waals surface area contributed by atoms with Crippen LogP contribution in [0.3, 0.4) is 0 Å². The molecule has 0 aliphatic heterocycles. The number of carbonyl (C=O) groups excluding carboxylic acids is 1. The summed E-state index contributed by atoms with van der Waals surface area (Å²) in [5, 5.41) is 0. The van der Waals surface area contributed by atoms with Crippen molar-refractivity contribution in [3.8, 4) is 0 Å². The molecule has 0 radical (unpaired) electrons. The van der Waals surface area contributed by atoms with E-state index in [0.29, 0.717) is 6.61 Å². The topological polar surface area (TPSA) is 35.5 Å². The zero-order valence-corrected chi connectivity index (χ0v) is 6.67. The van der Waals surface area contributed by atoms with Crippen LogP contribution in [0.15, 0.2) is 0 Å². The van der Waals surface area contributed by atoms with Crippen LogP contribution in [0, 0.1) is 0 Å². The van der Waals surface area contributed by atoms with Crippen molar-refractivity contribution in [2.24, 2.45) is 0 Å². The zero-order chi connectivity index (χ0) is 6.41. The number of halogens is 1. The molecule has 48 valence electrons. The quantitative estimate of drug-likeness (QED) is 0.536. The van der Waals surface area contributed by atoms with Gasteiger partial charge in [0.05, 0.1) is 6.61 Å². The van der Waals surface area contributed by atoms with Crippen molar-refractivity contribution in [2.75, 3.05) is 6.61 Å². The first-order valence-electron chi connectivity index (χ1n) is 2.26. The van der Waals surface area contributed by atoms with Crippen LogP contribution in [0.25, 0.3) is 0 Å². The van der Waals surface area contributed by atoms with Gasteiger partial charge in [-0.2, -0.15) is 0 Å². The second-order valence-corrected chi connectivity index (χ2v) is 1.62. The maximum absolute atomic E-state index is 10.1. The molecule has 0 aliphatic rings. The lowest BCUT2D eigenvalue weighted by Crippen LogP contribution is -2.01. The van der Waals surface area contributed by atoms with Gasteiger partial charge >= 0.3 is 6.16 Å². The third-order valence-electron chi connectivity index (χ3n) is 0.487. The summed E-state index contributed by atoms with van der Waals surface area (Å²) in [4.78, 5) is 10.1. The molecule has 0 atom stereocenters. The van der Waals surface area contributed by atoms with E-state index in [1.54, 1.807) is 0 Å². The van der Waals surface area contributed by atoms with Crippen molar-refractivity contribution in [2.45, 2.75) is 13.3 Å². The van der Waals surface area contributed by atoms with Crippen molar-refractivity contribution in [1.29, 1.82) is 0 Å². The molecule has 0 fully saturated rings. The van der Waals surface area contributed by atoms with E-state index in [1.165, 1.54) is 23.0 Å². The number of carbonyl (C=O) groups is 1. The average Bonchev–Trinajstić information content (AvgIpc) is 1.83. The molecule has 8 heavy (non-hydrogen) atoms. The van der Waals surface area contributed by atoms with E-state index in [2.05, 4.69) is 7.80 Å². The van der Waals surface area contributed by atoms with E-state index < -0.39 is 6.16 Å². The Kier molecular flexibility index (Phi) is 5.14. The first-order valence-corrected chi connectivity index (χ1v) is 3.14. The van der Waals surface area contributed by atoms with Crippen molar-refractivity contribution < 1.29 is 12.6 Å². The van der Waals surface area contributed by atoms with Crippen LogP contribution in [0.5, 0.6) is 0 Å². The van der Waals surface area contributed by atoms with Crippen LogP contribution >= 0.6 is 23.0 Å². The lowest BCUT2D eigenvalue weighted by atomic mass is 10.5. The molecule has 0 saturated heterocycles. The summed E-state index contributed by atoms with van der Waals surface area (Å²) in [6, 6.07) is 0. The van der Waals surface area contributed by atoms with Crippen LogP contribution in [-0.2, 0) is 7.80 Å². The van der Waals surface area contributed by atoms with Gasteiger partial charge < -0.3 is 7.80 Å². The van der Waals surface area contributed by atoms with E-state index in [-0.39, 0.29) is 0 Å². The first kappa shape index (κ1) is 8.00. The third kappa shape index (κ3) is 4.17. The smallest absolute Gasteiger partial charge is 0.434 e. The van der Waals surface area contributed by atoms with Gasteiger partial charge in [-0.05, 0) is 6.42 Å². The minimum absolute atomic E-state index is 0.432. The molecule has 0 bridgehead atoms. The lowest BCUT2D eigenvalue weighted by Gasteiger charge is -1.95. The molecule has 3 nitrogen and oxygen atoms in total. The minimum Gasteiger partial charge on any atom is -0.434 e. The van der Waals surface area contributed by atoms with Gasteiger partial charge in [0, 0.05) is 0 Å². The standard InChI is InChI=1S/C4H7IO3/c1-2-3-7-4(6)8-5/h2-3H2,1H3. The summed E-state index contributed by atoms with van der Waals surface area (Å²) in [6.07, 6.45) is 0.207. The highest BCUT2D eigenvalue weighted by molar-refractivity contribution is 14.1. The Bertz CT molecular complexity index is 73.7. The Morgan fingerprint density at radius 2 is 2.38 bits per heavy atom. The second kappa shape index (κ2) is 5.14. The predicted molar refractivity (Wildman–Crippen MR) is 36.7 cm³/mol. The first-order chi connectivity index (χ1) is 3.81. The third-order valence-corrected chi connectivity index (χ3v) is 0.847. The van der Waals surface area contributed by atoms with Crippen LogP contribution in [-0.4, -0.2) is 12.8 Å². The summed E-state index contributed by atoms with van der Waals surface area (Å²) >= 11 is 1.48. The molecule has 0 N–H and O–H groups in total. The van der Waals surface area contributed by atoms with Gasteiger partial charge in [0.2, 0.25) is 0 Å². The van der Waals surface area contributed by atoms with Gasteiger partial charge in [0.1, 0.15) is 0 Å². The molecule has 0 saturated carbocycles. The fourth-order valence-corrected chi connectivity index (χ4v) is 0.335. The molecule has 0 spiro atoms. The number of ether oxygens (including phenoxy) is 1. The van der Waals surface area contributed by atoms with Crippen LogP contribution in [0.4, 0.5) is 4.79 Å². The van der Waals surface area contributed by atoms with E-state index in [9.17, 15) is 4.79 Å². The monoisotopic (exact) mass is 230 g/mol. The number of hydrogen-bond acceptors (Lipinski definition) is 3.